The van der Waals surface area contributed by atoms with Gasteiger partial charge in [0.15, 0.2) is 0 Å². The Labute approximate surface area is 121 Å². The molecule has 1 aliphatic heterocycles. The lowest BCUT2D eigenvalue weighted by Gasteiger charge is -2.28. The number of amides is 1. The van der Waals surface area contributed by atoms with Gasteiger partial charge in [-0.05, 0) is 50.1 Å². The van der Waals surface area contributed by atoms with Gasteiger partial charge in [0.05, 0.1) is 0 Å². The molecule has 0 aliphatic carbocycles. The van der Waals surface area contributed by atoms with Crippen molar-refractivity contribution in [3.63, 3.8) is 0 Å². The molecule has 1 saturated heterocycles. The lowest BCUT2D eigenvalue weighted by atomic mass is 9.85. The number of carboxylic acid groups (broad SMARTS) is 1. The Hall–Kier alpha value is -1.10. The minimum absolute atomic E-state index is 0.142. The first-order chi connectivity index (χ1) is 9.40. The first kappa shape index (κ1) is 17.0. The van der Waals surface area contributed by atoms with E-state index in [9.17, 15) is 9.59 Å². The highest BCUT2D eigenvalue weighted by molar-refractivity contribution is 5.83. The molecule has 1 amide bonds. The van der Waals surface area contributed by atoms with Gasteiger partial charge >= 0.3 is 5.97 Å². The molecule has 1 rings (SSSR count). The molecule has 116 valence electrons. The molecule has 1 aliphatic rings. The van der Waals surface area contributed by atoms with Gasteiger partial charge in [-0.1, -0.05) is 20.8 Å². The van der Waals surface area contributed by atoms with Crippen LogP contribution < -0.4 is 10.6 Å². The van der Waals surface area contributed by atoms with Crippen LogP contribution >= 0.6 is 0 Å². The quantitative estimate of drug-likeness (QED) is 0.664. The van der Waals surface area contributed by atoms with Crippen LogP contribution in [0.3, 0.4) is 0 Å². The van der Waals surface area contributed by atoms with Crippen molar-refractivity contribution in [1.82, 2.24) is 10.6 Å². The molecule has 0 radical (unpaired) electrons. The molecule has 3 atom stereocenters. The fourth-order valence-electron chi connectivity index (χ4n) is 2.77. The zero-order valence-electron chi connectivity index (χ0n) is 12.8. The molecule has 0 aromatic rings. The van der Waals surface area contributed by atoms with E-state index in [2.05, 4.69) is 17.6 Å². The van der Waals surface area contributed by atoms with Crippen molar-refractivity contribution in [1.29, 1.82) is 0 Å². The summed E-state index contributed by atoms with van der Waals surface area (Å²) >= 11 is 0. The van der Waals surface area contributed by atoms with Crippen molar-refractivity contribution in [3.8, 4) is 0 Å². The molecule has 20 heavy (non-hydrogen) atoms. The van der Waals surface area contributed by atoms with Crippen molar-refractivity contribution in [2.24, 2.45) is 17.8 Å². The molecule has 0 aromatic heterocycles. The van der Waals surface area contributed by atoms with Gasteiger partial charge in [0, 0.05) is 6.42 Å². The Morgan fingerprint density at radius 3 is 2.55 bits per heavy atom. The van der Waals surface area contributed by atoms with E-state index in [-0.39, 0.29) is 17.7 Å². The summed E-state index contributed by atoms with van der Waals surface area (Å²) < 4.78 is 0. The van der Waals surface area contributed by atoms with Crippen LogP contribution in [0.2, 0.25) is 0 Å². The average molecular weight is 284 g/mol. The van der Waals surface area contributed by atoms with Crippen LogP contribution in [0.4, 0.5) is 0 Å². The largest absolute Gasteiger partial charge is 0.480 e. The zero-order valence-corrected chi connectivity index (χ0v) is 12.8. The number of aliphatic carboxylic acids is 1. The Morgan fingerprint density at radius 2 is 2.05 bits per heavy atom. The van der Waals surface area contributed by atoms with Gasteiger partial charge < -0.3 is 15.7 Å². The monoisotopic (exact) mass is 284 g/mol. The van der Waals surface area contributed by atoms with Crippen LogP contribution in [-0.2, 0) is 9.59 Å². The Balaban J connectivity index is 2.41. The first-order valence-corrected chi connectivity index (χ1v) is 7.63. The highest BCUT2D eigenvalue weighted by atomic mass is 16.4. The topological polar surface area (TPSA) is 78.4 Å². The average Bonchev–Trinajstić information content (AvgIpc) is 2.38. The minimum atomic E-state index is -0.945. The van der Waals surface area contributed by atoms with Crippen LogP contribution in [0.5, 0.6) is 0 Å². The SMILES string of the molecule is CC(C)C[C@H](NC(=O)CC(C)C1CCCNC1)C(=O)O. The second kappa shape index (κ2) is 8.25. The summed E-state index contributed by atoms with van der Waals surface area (Å²) in [6, 6.07) is -0.765. The minimum Gasteiger partial charge on any atom is -0.480 e. The van der Waals surface area contributed by atoms with E-state index in [0.717, 1.165) is 25.9 Å². The first-order valence-electron chi connectivity index (χ1n) is 7.63. The second-order valence-electron chi connectivity index (χ2n) is 6.38. The maximum atomic E-state index is 12.0. The summed E-state index contributed by atoms with van der Waals surface area (Å²) in [7, 11) is 0. The van der Waals surface area contributed by atoms with Crippen molar-refractivity contribution in [2.75, 3.05) is 13.1 Å². The molecule has 1 fully saturated rings. The van der Waals surface area contributed by atoms with Crippen LogP contribution in [0.15, 0.2) is 0 Å². The number of hydrogen-bond donors (Lipinski definition) is 3. The number of nitrogens with one attached hydrogen (secondary N) is 2. The van der Waals surface area contributed by atoms with Crippen LogP contribution in [-0.4, -0.2) is 36.1 Å². The summed E-state index contributed by atoms with van der Waals surface area (Å²) in [5.74, 6) is -0.0364. The molecule has 5 heteroatoms. The predicted octanol–water partition coefficient (Wildman–Crippen LogP) is 1.63. The molecule has 3 N–H and O–H groups in total. The van der Waals surface area contributed by atoms with Gasteiger partial charge in [-0.25, -0.2) is 4.79 Å². The lowest BCUT2D eigenvalue weighted by Crippen LogP contribution is -2.43. The second-order valence-corrected chi connectivity index (χ2v) is 6.38. The fourth-order valence-corrected chi connectivity index (χ4v) is 2.77. The Morgan fingerprint density at radius 1 is 1.35 bits per heavy atom. The number of carboxylic acids is 1. The maximum absolute atomic E-state index is 12.0. The Kier molecular flexibility index (Phi) is 6.99. The third-order valence-electron chi connectivity index (χ3n) is 3.99. The normalized spacial score (nSPS) is 22.3. The molecule has 0 bridgehead atoms. The number of piperidine rings is 1. The van der Waals surface area contributed by atoms with E-state index < -0.39 is 12.0 Å². The van der Waals surface area contributed by atoms with Gasteiger partial charge in [0.25, 0.3) is 0 Å². The van der Waals surface area contributed by atoms with E-state index in [1.165, 1.54) is 0 Å². The van der Waals surface area contributed by atoms with Crippen molar-refractivity contribution < 1.29 is 14.7 Å². The van der Waals surface area contributed by atoms with Crippen molar-refractivity contribution in [3.05, 3.63) is 0 Å². The fraction of sp³-hybridized carbons (Fsp3) is 0.867. The van der Waals surface area contributed by atoms with Gasteiger partial charge in [-0.2, -0.15) is 0 Å². The number of hydrogen-bond acceptors (Lipinski definition) is 3. The third kappa shape index (κ3) is 5.90. The standard InChI is InChI=1S/C15H28N2O3/c1-10(2)7-13(15(19)20)17-14(18)8-11(3)12-5-4-6-16-9-12/h10-13,16H,4-9H2,1-3H3,(H,17,18)(H,19,20)/t11?,12?,13-/m0/s1. The molecule has 5 nitrogen and oxygen atoms in total. The highest BCUT2D eigenvalue weighted by Gasteiger charge is 2.25. The molecule has 0 saturated carbocycles. The van der Waals surface area contributed by atoms with Gasteiger partial charge in [-0.15, -0.1) is 0 Å². The van der Waals surface area contributed by atoms with E-state index in [1.807, 2.05) is 13.8 Å². The Bertz CT molecular complexity index is 325. The van der Waals surface area contributed by atoms with Crippen molar-refractivity contribution >= 4 is 11.9 Å². The summed E-state index contributed by atoms with van der Waals surface area (Å²) in [4.78, 5) is 23.1. The predicted molar refractivity (Wildman–Crippen MR) is 78.4 cm³/mol. The van der Waals surface area contributed by atoms with Crippen LogP contribution in [0, 0.1) is 17.8 Å². The number of carbonyl (C=O) groups is 2. The number of rotatable bonds is 7. The van der Waals surface area contributed by atoms with E-state index >= 15 is 0 Å². The van der Waals surface area contributed by atoms with Crippen LogP contribution in [0.1, 0.15) is 46.5 Å². The third-order valence-corrected chi connectivity index (χ3v) is 3.99. The zero-order chi connectivity index (χ0) is 15.1. The highest BCUT2D eigenvalue weighted by Crippen LogP contribution is 2.22. The molecular weight excluding hydrogens is 256 g/mol. The molecule has 0 aromatic carbocycles. The summed E-state index contributed by atoms with van der Waals surface area (Å²) in [6.07, 6.45) is 3.19. The van der Waals surface area contributed by atoms with E-state index in [0.29, 0.717) is 18.8 Å². The summed E-state index contributed by atoms with van der Waals surface area (Å²) in [5.41, 5.74) is 0. The van der Waals surface area contributed by atoms with E-state index in [1.54, 1.807) is 0 Å². The molecule has 1 heterocycles. The van der Waals surface area contributed by atoms with Crippen LogP contribution in [0.25, 0.3) is 0 Å². The molecule has 2 unspecified atom stereocenters. The summed E-state index contributed by atoms with van der Waals surface area (Å²) in [5, 5.41) is 15.1. The smallest absolute Gasteiger partial charge is 0.326 e. The lowest BCUT2D eigenvalue weighted by molar-refractivity contribution is -0.142. The maximum Gasteiger partial charge on any atom is 0.326 e. The molecule has 0 spiro atoms. The molecular formula is C15H28N2O3. The van der Waals surface area contributed by atoms with Gasteiger partial charge in [-0.3, -0.25) is 4.79 Å². The number of carbonyl (C=O) groups excluding carboxylic acids is 1. The summed E-state index contributed by atoms with van der Waals surface area (Å²) in [6.45, 7) is 8.01. The van der Waals surface area contributed by atoms with Gasteiger partial charge in [0.2, 0.25) is 5.91 Å². The van der Waals surface area contributed by atoms with Crippen molar-refractivity contribution in [2.45, 2.75) is 52.5 Å². The van der Waals surface area contributed by atoms with E-state index in [4.69, 9.17) is 5.11 Å². The van der Waals surface area contributed by atoms with Gasteiger partial charge in [0.1, 0.15) is 6.04 Å².